The number of rotatable bonds is 6. The summed E-state index contributed by atoms with van der Waals surface area (Å²) < 4.78 is 30.7. The van der Waals surface area contributed by atoms with E-state index >= 15 is 0 Å². The fraction of sp³-hybridized carbons (Fsp3) is 0.357. The summed E-state index contributed by atoms with van der Waals surface area (Å²) in [5.74, 6) is 0. The summed E-state index contributed by atoms with van der Waals surface area (Å²) in [5, 5.41) is 0. The number of carbonyl (C=O) groups is 1. The van der Waals surface area contributed by atoms with Crippen LogP contribution in [0.5, 0.6) is 0 Å². The highest BCUT2D eigenvalue weighted by Gasteiger charge is 2.19. The minimum Gasteiger partial charge on any atom is -0.446 e. The fourth-order valence-electron chi connectivity index (χ4n) is 1.50. The van der Waals surface area contributed by atoms with Crippen LogP contribution in [-0.4, -0.2) is 20.6 Å². The molecule has 0 aliphatic carbocycles. The van der Waals surface area contributed by atoms with E-state index in [-0.39, 0.29) is 11.0 Å². The second kappa shape index (κ2) is 7.09. The Morgan fingerprint density at radius 1 is 1.40 bits per heavy atom. The van der Waals surface area contributed by atoms with Crippen LogP contribution in [0.2, 0.25) is 0 Å². The zero-order chi connectivity index (χ0) is 15.2. The highest BCUT2D eigenvalue weighted by molar-refractivity contribution is 7.90. The van der Waals surface area contributed by atoms with Crippen molar-refractivity contribution in [2.75, 3.05) is 0 Å². The molecule has 0 aliphatic heterocycles. The summed E-state index contributed by atoms with van der Waals surface area (Å²) in [4.78, 5) is 11.6. The number of hydrogen-bond donors (Lipinski definition) is 1. The number of nitrogens with one attached hydrogen (secondary N) is 1. The first kappa shape index (κ1) is 16.2. The second-order valence-electron chi connectivity index (χ2n) is 4.50. The minimum absolute atomic E-state index is 0.0267. The van der Waals surface area contributed by atoms with Crippen molar-refractivity contribution < 1.29 is 17.9 Å². The van der Waals surface area contributed by atoms with Crippen molar-refractivity contribution in [1.29, 1.82) is 0 Å². The van der Waals surface area contributed by atoms with Crippen LogP contribution in [0.1, 0.15) is 25.3 Å². The third-order valence-electron chi connectivity index (χ3n) is 2.63. The first-order valence-electron chi connectivity index (χ1n) is 6.26. The van der Waals surface area contributed by atoms with Gasteiger partial charge in [-0.25, -0.2) is 17.9 Å². The lowest BCUT2D eigenvalue weighted by atomic mass is 10.2. The number of aryl methyl sites for hydroxylation is 1. The normalized spacial score (nSPS) is 12.5. The molecular formula is C14H19NO4S. The van der Waals surface area contributed by atoms with Gasteiger partial charge in [-0.3, -0.25) is 0 Å². The van der Waals surface area contributed by atoms with E-state index in [9.17, 15) is 13.2 Å². The van der Waals surface area contributed by atoms with E-state index in [4.69, 9.17) is 4.74 Å². The zero-order valence-electron chi connectivity index (χ0n) is 11.6. The molecule has 1 amide bonds. The van der Waals surface area contributed by atoms with Gasteiger partial charge in [0.15, 0.2) is 0 Å². The maximum absolute atomic E-state index is 11.9. The van der Waals surface area contributed by atoms with Gasteiger partial charge in [-0.05, 0) is 38.8 Å². The number of benzene rings is 1. The Kier molecular flexibility index (Phi) is 5.76. The van der Waals surface area contributed by atoms with E-state index in [2.05, 4.69) is 6.58 Å². The van der Waals surface area contributed by atoms with Gasteiger partial charge in [0, 0.05) is 0 Å². The minimum atomic E-state index is -3.89. The molecule has 0 heterocycles. The summed E-state index contributed by atoms with van der Waals surface area (Å²) in [6.45, 7) is 7.11. The Bertz CT molecular complexity index is 563. The molecule has 0 spiro atoms. The molecule has 1 atom stereocenters. The second-order valence-corrected chi connectivity index (χ2v) is 6.18. The predicted octanol–water partition coefficient (Wildman–Crippen LogP) is 2.76. The third kappa shape index (κ3) is 5.05. The number of amides is 1. The Morgan fingerprint density at radius 2 is 2.00 bits per heavy atom. The molecule has 0 radical (unpaired) electrons. The van der Waals surface area contributed by atoms with Crippen molar-refractivity contribution >= 4 is 16.1 Å². The molecule has 1 N–H and O–H groups in total. The zero-order valence-corrected chi connectivity index (χ0v) is 12.4. The molecule has 5 nitrogen and oxygen atoms in total. The van der Waals surface area contributed by atoms with Crippen LogP contribution in [0.15, 0.2) is 41.8 Å². The number of hydrogen-bond acceptors (Lipinski definition) is 4. The molecule has 0 saturated carbocycles. The number of ether oxygens (including phenoxy) is 1. The third-order valence-corrected chi connectivity index (χ3v) is 3.96. The van der Waals surface area contributed by atoms with Crippen LogP contribution in [0, 0.1) is 6.92 Å². The molecule has 0 aliphatic rings. The molecule has 1 rings (SSSR count). The van der Waals surface area contributed by atoms with Gasteiger partial charge in [0.05, 0.1) is 4.90 Å². The summed E-state index contributed by atoms with van der Waals surface area (Å²) >= 11 is 0. The van der Waals surface area contributed by atoms with Crippen LogP contribution in [0.25, 0.3) is 0 Å². The molecule has 20 heavy (non-hydrogen) atoms. The standard InChI is InChI=1S/C14H19NO4S/c1-4-5-6-12(3)19-14(16)15-20(17,18)13-9-7-11(2)8-10-13/h4,7-10,12H,1,5-6H2,2-3H3,(H,15,16). The summed E-state index contributed by atoms with van der Waals surface area (Å²) in [6, 6.07) is 6.19. The summed E-state index contributed by atoms with van der Waals surface area (Å²) in [5.41, 5.74) is 0.935. The molecule has 0 bridgehead atoms. The van der Waals surface area contributed by atoms with E-state index in [0.717, 1.165) is 5.56 Å². The maximum atomic E-state index is 11.9. The molecule has 1 unspecified atom stereocenters. The average molecular weight is 297 g/mol. The predicted molar refractivity (Wildman–Crippen MR) is 76.9 cm³/mol. The van der Waals surface area contributed by atoms with E-state index in [1.54, 1.807) is 25.1 Å². The van der Waals surface area contributed by atoms with Gasteiger partial charge >= 0.3 is 6.09 Å². The number of allylic oxidation sites excluding steroid dienone is 1. The van der Waals surface area contributed by atoms with Crippen molar-refractivity contribution in [2.24, 2.45) is 0 Å². The van der Waals surface area contributed by atoms with Crippen molar-refractivity contribution in [3.05, 3.63) is 42.5 Å². The maximum Gasteiger partial charge on any atom is 0.421 e. The topological polar surface area (TPSA) is 72.5 Å². The van der Waals surface area contributed by atoms with Gasteiger partial charge in [0.2, 0.25) is 0 Å². The molecule has 0 aromatic heterocycles. The lowest BCUT2D eigenvalue weighted by Crippen LogP contribution is -2.33. The van der Waals surface area contributed by atoms with Gasteiger partial charge < -0.3 is 4.74 Å². The van der Waals surface area contributed by atoms with E-state index < -0.39 is 16.1 Å². The fourth-order valence-corrected chi connectivity index (χ4v) is 2.38. The number of carbonyl (C=O) groups excluding carboxylic acids is 1. The van der Waals surface area contributed by atoms with Crippen molar-refractivity contribution in [3.8, 4) is 0 Å². The van der Waals surface area contributed by atoms with E-state index in [1.807, 2.05) is 11.6 Å². The van der Waals surface area contributed by atoms with Gasteiger partial charge in [-0.1, -0.05) is 23.8 Å². The van der Waals surface area contributed by atoms with E-state index in [0.29, 0.717) is 12.8 Å². The van der Waals surface area contributed by atoms with Gasteiger partial charge in [0.1, 0.15) is 6.10 Å². The molecule has 6 heteroatoms. The smallest absolute Gasteiger partial charge is 0.421 e. The first-order chi connectivity index (χ1) is 9.35. The summed E-state index contributed by atoms with van der Waals surface area (Å²) in [6.07, 6.45) is 1.66. The molecule has 110 valence electrons. The summed E-state index contributed by atoms with van der Waals surface area (Å²) in [7, 11) is -3.89. The largest absolute Gasteiger partial charge is 0.446 e. The molecule has 0 fully saturated rings. The van der Waals surface area contributed by atoms with Gasteiger partial charge in [-0.2, -0.15) is 0 Å². The van der Waals surface area contributed by atoms with E-state index in [1.165, 1.54) is 12.1 Å². The highest BCUT2D eigenvalue weighted by Crippen LogP contribution is 2.10. The quantitative estimate of drug-likeness (QED) is 0.819. The van der Waals surface area contributed by atoms with Crippen LogP contribution in [0.4, 0.5) is 4.79 Å². The SMILES string of the molecule is C=CCCC(C)OC(=O)NS(=O)(=O)c1ccc(C)cc1. The Balaban J connectivity index is 2.64. The van der Waals surface area contributed by atoms with Crippen molar-refractivity contribution in [2.45, 2.75) is 37.7 Å². The first-order valence-corrected chi connectivity index (χ1v) is 7.74. The number of sulfonamides is 1. The highest BCUT2D eigenvalue weighted by atomic mass is 32.2. The van der Waals surface area contributed by atoms with Crippen LogP contribution >= 0.6 is 0 Å². The van der Waals surface area contributed by atoms with Gasteiger partial charge in [0.25, 0.3) is 10.0 Å². The molecular weight excluding hydrogens is 278 g/mol. The average Bonchev–Trinajstić information content (AvgIpc) is 2.36. The van der Waals surface area contributed by atoms with Crippen LogP contribution in [0.3, 0.4) is 0 Å². The Morgan fingerprint density at radius 3 is 2.55 bits per heavy atom. The lowest BCUT2D eigenvalue weighted by molar-refractivity contribution is 0.108. The lowest BCUT2D eigenvalue weighted by Gasteiger charge is -2.13. The van der Waals surface area contributed by atoms with Crippen molar-refractivity contribution in [3.63, 3.8) is 0 Å². The molecule has 1 aromatic rings. The monoisotopic (exact) mass is 297 g/mol. The Labute approximate surface area is 119 Å². The van der Waals surface area contributed by atoms with Gasteiger partial charge in [-0.15, -0.1) is 6.58 Å². The molecule has 1 aromatic carbocycles. The van der Waals surface area contributed by atoms with Crippen LogP contribution < -0.4 is 4.72 Å². The van der Waals surface area contributed by atoms with Crippen molar-refractivity contribution in [1.82, 2.24) is 4.72 Å². The van der Waals surface area contributed by atoms with Crippen LogP contribution in [-0.2, 0) is 14.8 Å². The molecule has 0 saturated heterocycles. The Hall–Kier alpha value is -1.82.